The maximum absolute atomic E-state index is 12.9. The molecule has 2 heterocycles. The number of piperazine rings is 1. The molecule has 1 aliphatic rings. The molecule has 166 valence electrons. The summed E-state index contributed by atoms with van der Waals surface area (Å²) in [5.74, 6) is -0.348. The SMILES string of the molecule is CCOC(=O)c1c(C)[nH]c(C(=O)CN2CCN(C(=O)Cc3ccccc3C)CC2)c1C. The zero-order chi connectivity index (χ0) is 22.5. The summed E-state index contributed by atoms with van der Waals surface area (Å²) in [6, 6.07) is 7.94. The van der Waals surface area contributed by atoms with Gasteiger partial charge in [-0.25, -0.2) is 4.79 Å². The van der Waals surface area contributed by atoms with E-state index >= 15 is 0 Å². The highest BCUT2D eigenvalue weighted by Gasteiger charge is 2.26. The molecular formula is C24H31N3O4. The first-order valence-electron chi connectivity index (χ1n) is 10.8. The number of benzene rings is 1. The van der Waals surface area contributed by atoms with Crippen LogP contribution in [0.2, 0.25) is 0 Å². The number of aryl methyl sites for hydroxylation is 2. The Kier molecular flexibility index (Phi) is 7.28. The molecule has 1 aromatic carbocycles. The van der Waals surface area contributed by atoms with Crippen LogP contribution in [-0.2, 0) is 16.0 Å². The van der Waals surface area contributed by atoms with Crippen molar-refractivity contribution in [3.8, 4) is 0 Å². The van der Waals surface area contributed by atoms with Gasteiger partial charge in [0.25, 0.3) is 0 Å². The molecule has 7 nitrogen and oxygen atoms in total. The highest BCUT2D eigenvalue weighted by molar-refractivity contribution is 6.02. The summed E-state index contributed by atoms with van der Waals surface area (Å²) in [5.41, 5.74) is 4.35. The van der Waals surface area contributed by atoms with Crippen LogP contribution < -0.4 is 0 Å². The minimum atomic E-state index is -0.409. The van der Waals surface area contributed by atoms with Gasteiger partial charge >= 0.3 is 5.97 Å². The topological polar surface area (TPSA) is 82.7 Å². The van der Waals surface area contributed by atoms with E-state index in [9.17, 15) is 14.4 Å². The fraction of sp³-hybridized carbons (Fsp3) is 0.458. The maximum atomic E-state index is 12.9. The molecule has 7 heteroatoms. The fourth-order valence-electron chi connectivity index (χ4n) is 4.06. The van der Waals surface area contributed by atoms with E-state index < -0.39 is 5.97 Å². The van der Waals surface area contributed by atoms with Crippen molar-refractivity contribution in [2.24, 2.45) is 0 Å². The summed E-state index contributed by atoms with van der Waals surface area (Å²) < 4.78 is 5.10. The molecule has 2 aromatic rings. The number of hydrogen-bond acceptors (Lipinski definition) is 5. The summed E-state index contributed by atoms with van der Waals surface area (Å²) in [4.78, 5) is 44.7. The number of H-pyrrole nitrogens is 1. The quantitative estimate of drug-likeness (QED) is 0.545. The van der Waals surface area contributed by atoms with Crippen LogP contribution >= 0.6 is 0 Å². The average molecular weight is 426 g/mol. The molecule has 3 rings (SSSR count). The number of Topliss-reactive ketones (excluding diaryl/α,β-unsaturated/α-hetero) is 1. The Morgan fingerprint density at radius 3 is 2.35 bits per heavy atom. The monoisotopic (exact) mass is 425 g/mol. The number of nitrogens with one attached hydrogen (secondary N) is 1. The summed E-state index contributed by atoms with van der Waals surface area (Å²) in [7, 11) is 0. The highest BCUT2D eigenvalue weighted by atomic mass is 16.5. The van der Waals surface area contributed by atoms with Crippen molar-refractivity contribution in [2.75, 3.05) is 39.3 Å². The number of carbonyl (C=O) groups excluding carboxylic acids is 3. The Bertz CT molecular complexity index is 971. The smallest absolute Gasteiger partial charge is 0.340 e. The molecule has 1 aromatic heterocycles. The molecule has 1 fully saturated rings. The molecule has 0 radical (unpaired) electrons. The van der Waals surface area contributed by atoms with Gasteiger partial charge in [0.1, 0.15) is 0 Å². The van der Waals surface area contributed by atoms with E-state index in [1.54, 1.807) is 20.8 Å². The molecule has 0 atom stereocenters. The Hall–Kier alpha value is -2.93. The molecular weight excluding hydrogens is 394 g/mol. The van der Waals surface area contributed by atoms with Crippen molar-refractivity contribution in [1.29, 1.82) is 0 Å². The second-order valence-electron chi connectivity index (χ2n) is 8.03. The minimum absolute atomic E-state index is 0.0594. The summed E-state index contributed by atoms with van der Waals surface area (Å²) >= 11 is 0. The van der Waals surface area contributed by atoms with Crippen LogP contribution in [0, 0.1) is 20.8 Å². The second-order valence-corrected chi connectivity index (χ2v) is 8.03. The number of aromatic amines is 1. The summed E-state index contributed by atoms with van der Waals surface area (Å²) in [5, 5.41) is 0. The third-order valence-corrected chi connectivity index (χ3v) is 5.89. The lowest BCUT2D eigenvalue weighted by Crippen LogP contribution is -2.50. The van der Waals surface area contributed by atoms with Gasteiger partial charge in [-0.3, -0.25) is 14.5 Å². The summed E-state index contributed by atoms with van der Waals surface area (Å²) in [6.45, 7) is 10.4. The fourth-order valence-corrected chi connectivity index (χ4v) is 4.06. The van der Waals surface area contributed by atoms with Gasteiger partial charge in [-0.05, 0) is 44.4 Å². The summed E-state index contributed by atoms with van der Waals surface area (Å²) in [6.07, 6.45) is 0.406. The number of ketones is 1. The van der Waals surface area contributed by atoms with Crippen LogP contribution in [-0.4, -0.2) is 71.8 Å². The molecule has 1 aliphatic heterocycles. The standard InChI is InChI=1S/C24H31N3O4/c1-5-31-24(30)22-17(3)23(25-18(22)4)20(28)15-26-10-12-27(13-11-26)21(29)14-19-9-7-6-8-16(19)2/h6-9,25H,5,10-15H2,1-4H3. The lowest BCUT2D eigenvalue weighted by molar-refractivity contribution is -0.132. The van der Waals surface area contributed by atoms with Gasteiger partial charge in [0.05, 0.1) is 30.8 Å². The van der Waals surface area contributed by atoms with Gasteiger partial charge < -0.3 is 14.6 Å². The first-order valence-corrected chi connectivity index (χ1v) is 10.8. The van der Waals surface area contributed by atoms with E-state index in [2.05, 4.69) is 9.88 Å². The minimum Gasteiger partial charge on any atom is -0.462 e. The Morgan fingerprint density at radius 1 is 1.03 bits per heavy atom. The highest BCUT2D eigenvalue weighted by Crippen LogP contribution is 2.20. The molecule has 0 aliphatic carbocycles. The van der Waals surface area contributed by atoms with E-state index in [1.807, 2.05) is 36.1 Å². The number of rotatable bonds is 7. The first-order chi connectivity index (χ1) is 14.8. The zero-order valence-electron chi connectivity index (χ0n) is 18.8. The molecule has 1 saturated heterocycles. The van der Waals surface area contributed by atoms with E-state index in [0.717, 1.165) is 11.1 Å². The van der Waals surface area contributed by atoms with Crippen molar-refractivity contribution >= 4 is 17.7 Å². The maximum Gasteiger partial charge on any atom is 0.340 e. The van der Waals surface area contributed by atoms with Gasteiger partial charge in [-0.2, -0.15) is 0 Å². The van der Waals surface area contributed by atoms with Gasteiger partial charge in [-0.15, -0.1) is 0 Å². The van der Waals surface area contributed by atoms with Crippen molar-refractivity contribution in [3.63, 3.8) is 0 Å². The van der Waals surface area contributed by atoms with E-state index in [-0.39, 0.29) is 18.2 Å². The lowest BCUT2D eigenvalue weighted by atomic mass is 10.1. The number of ether oxygens (including phenoxy) is 1. The molecule has 0 unspecified atom stereocenters. The van der Waals surface area contributed by atoms with Crippen molar-refractivity contribution in [3.05, 3.63) is 57.9 Å². The molecule has 0 bridgehead atoms. The van der Waals surface area contributed by atoms with Crippen LogP contribution in [0.4, 0.5) is 0 Å². The second kappa shape index (κ2) is 9.92. The predicted octanol–water partition coefficient (Wildman–Crippen LogP) is 2.69. The van der Waals surface area contributed by atoms with Crippen LogP contribution in [0.3, 0.4) is 0 Å². The van der Waals surface area contributed by atoms with Gasteiger partial charge in [0.15, 0.2) is 5.78 Å². The van der Waals surface area contributed by atoms with Crippen molar-refractivity contribution in [2.45, 2.75) is 34.1 Å². The van der Waals surface area contributed by atoms with Gasteiger partial charge in [0.2, 0.25) is 5.91 Å². The first kappa shape index (κ1) is 22.7. The molecule has 1 N–H and O–H groups in total. The Labute approximate surface area is 183 Å². The lowest BCUT2D eigenvalue weighted by Gasteiger charge is -2.34. The van der Waals surface area contributed by atoms with Crippen LogP contribution in [0.5, 0.6) is 0 Å². The van der Waals surface area contributed by atoms with E-state index in [4.69, 9.17) is 4.74 Å². The number of esters is 1. The Morgan fingerprint density at radius 2 is 1.71 bits per heavy atom. The predicted molar refractivity (Wildman–Crippen MR) is 118 cm³/mol. The normalized spacial score (nSPS) is 14.5. The van der Waals surface area contributed by atoms with Crippen molar-refractivity contribution < 1.29 is 19.1 Å². The number of amides is 1. The third kappa shape index (κ3) is 5.22. The number of nitrogens with zero attached hydrogens (tertiary/aromatic N) is 2. The molecule has 1 amide bonds. The van der Waals surface area contributed by atoms with Crippen LogP contribution in [0.25, 0.3) is 0 Å². The molecule has 31 heavy (non-hydrogen) atoms. The van der Waals surface area contributed by atoms with Gasteiger partial charge in [0, 0.05) is 31.9 Å². The number of carbonyl (C=O) groups is 3. The zero-order valence-corrected chi connectivity index (χ0v) is 18.8. The average Bonchev–Trinajstić information content (AvgIpc) is 3.04. The molecule has 0 saturated carbocycles. The van der Waals surface area contributed by atoms with E-state index in [0.29, 0.717) is 61.7 Å². The van der Waals surface area contributed by atoms with Crippen molar-refractivity contribution in [1.82, 2.24) is 14.8 Å². The Balaban J connectivity index is 1.56. The van der Waals surface area contributed by atoms with Crippen LogP contribution in [0.15, 0.2) is 24.3 Å². The molecule has 0 spiro atoms. The number of aromatic nitrogens is 1. The number of hydrogen-bond donors (Lipinski definition) is 1. The van der Waals surface area contributed by atoms with Crippen LogP contribution in [0.1, 0.15) is 50.2 Å². The largest absolute Gasteiger partial charge is 0.462 e. The van der Waals surface area contributed by atoms with E-state index in [1.165, 1.54) is 0 Å². The van der Waals surface area contributed by atoms with Gasteiger partial charge in [-0.1, -0.05) is 24.3 Å². The third-order valence-electron chi connectivity index (χ3n) is 5.89.